The van der Waals surface area contributed by atoms with E-state index in [1.807, 2.05) is 0 Å². The molecule has 0 bridgehead atoms. The van der Waals surface area contributed by atoms with Gasteiger partial charge in [0.05, 0.1) is 0 Å². The highest BCUT2D eigenvalue weighted by atomic mass is 15.2. The van der Waals surface area contributed by atoms with E-state index in [2.05, 4.69) is 31.1 Å². The molecule has 0 radical (unpaired) electrons. The first-order chi connectivity index (χ1) is 5.68. The van der Waals surface area contributed by atoms with Gasteiger partial charge in [0.25, 0.3) is 0 Å². The molecule has 1 N–H and O–H groups in total. The van der Waals surface area contributed by atoms with Crippen molar-refractivity contribution in [3.8, 4) is 0 Å². The van der Waals surface area contributed by atoms with Gasteiger partial charge in [-0.2, -0.15) is 0 Å². The highest BCUT2D eigenvalue weighted by molar-refractivity contribution is 5.09. The fourth-order valence-corrected chi connectivity index (χ4v) is 2.47. The summed E-state index contributed by atoms with van der Waals surface area (Å²) in [5.74, 6) is 0. The fourth-order valence-electron chi connectivity index (χ4n) is 2.47. The first kappa shape index (κ1) is 8.52. The summed E-state index contributed by atoms with van der Waals surface area (Å²) in [5, 5.41) is 3.46. The lowest BCUT2D eigenvalue weighted by atomic mass is 10.0. The third-order valence-corrected chi connectivity index (χ3v) is 3.65. The second-order valence-electron chi connectivity index (χ2n) is 4.73. The van der Waals surface area contributed by atoms with Gasteiger partial charge in [0, 0.05) is 26.6 Å². The Bertz CT molecular complexity index is 178. The minimum Gasteiger partial charge on any atom is -0.315 e. The Kier molecular flexibility index (Phi) is 1.92. The molecule has 2 rings (SSSR count). The molecule has 1 aliphatic heterocycles. The maximum atomic E-state index is 3.46. The molecule has 1 saturated carbocycles. The van der Waals surface area contributed by atoms with E-state index in [1.54, 1.807) is 0 Å². The Morgan fingerprint density at radius 1 is 1.50 bits per heavy atom. The van der Waals surface area contributed by atoms with Gasteiger partial charge in [-0.05, 0) is 39.2 Å². The molecule has 12 heavy (non-hydrogen) atoms. The predicted molar refractivity (Wildman–Crippen MR) is 53.3 cm³/mol. The molecular formula is C10H22N2. The van der Waals surface area contributed by atoms with Crippen LogP contribution in [0.3, 0.4) is 0 Å². The van der Waals surface area contributed by atoms with Crippen molar-refractivity contribution < 1.29 is 1.43 Å². The summed E-state index contributed by atoms with van der Waals surface area (Å²) in [4.78, 5) is 2.61. The first-order valence-electron chi connectivity index (χ1n) is 5.09. The third-order valence-electron chi connectivity index (χ3n) is 3.65. The van der Waals surface area contributed by atoms with Gasteiger partial charge in [-0.15, -0.1) is 0 Å². The van der Waals surface area contributed by atoms with Crippen molar-refractivity contribution in [3.63, 3.8) is 0 Å². The topological polar surface area (TPSA) is 15.3 Å². The van der Waals surface area contributed by atoms with E-state index in [1.165, 1.54) is 25.9 Å². The van der Waals surface area contributed by atoms with E-state index in [4.69, 9.17) is 0 Å². The van der Waals surface area contributed by atoms with E-state index in [0.717, 1.165) is 12.1 Å². The Hall–Kier alpha value is -0.0800. The number of likely N-dealkylation sites (N-methyl/N-ethyl adjacent to an activating group) is 1. The first-order valence-corrected chi connectivity index (χ1v) is 5.09. The average molecular weight is 170 g/mol. The molecule has 2 heteroatoms. The standard InChI is InChI=1S/C10H20N2.H2/c1-8(2)12-6-9(11-3)10(7-12)4-5-10;/h8-9,11H,4-7H2,1-3H3;1H/t9-;/m0./s1. The normalized spacial score (nSPS) is 33.5. The molecule has 1 atom stereocenters. The minimum absolute atomic E-state index is 0. The molecule has 1 saturated heterocycles. The molecule has 1 spiro atoms. The van der Waals surface area contributed by atoms with Crippen LogP contribution in [0.4, 0.5) is 0 Å². The Labute approximate surface area is 76.8 Å². The molecule has 0 amide bonds. The van der Waals surface area contributed by atoms with E-state index in [9.17, 15) is 0 Å². The molecular weight excluding hydrogens is 148 g/mol. The summed E-state index contributed by atoms with van der Waals surface area (Å²) in [7, 11) is 2.11. The van der Waals surface area contributed by atoms with Crippen LogP contribution in [0.2, 0.25) is 0 Å². The zero-order valence-electron chi connectivity index (χ0n) is 8.43. The second-order valence-corrected chi connectivity index (χ2v) is 4.73. The maximum absolute atomic E-state index is 3.46. The van der Waals surface area contributed by atoms with Crippen LogP contribution in [0.1, 0.15) is 28.1 Å². The molecule has 2 aliphatic rings. The minimum atomic E-state index is 0. The van der Waals surface area contributed by atoms with Crippen molar-refractivity contribution in [3.05, 3.63) is 0 Å². The average Bonchev–Trinajstić information content (AvgIpc) is 2.64. The molecule has 0 aromatic rings. The number of nitrogens with one attached hydrogen (secondary N) is 1. The van der Waals surface area contributed by atoms with Crippen molar-refractivity contribution in [2.24, 2.45) is 5.41 Å². The van der Waals surface area contributed by atoms with Gasteiger partial charge in [0.15, 0.2) is 0 Å². The summed E-state index contributed by atoms with van der Waals surface area (Å²) in [6.45, 7) is 7.19. The number of likely N-dealkylation sites (tertiary alicyclic amines) is 1. The van der Waals surface area contributed by atoms with Gasteiger partial charge in [-0.1, -0.05) is 0 Å². The number of hydrogen-bond donors (Lipinski definition) is 1. The molecule has 1 heterocycles. The lowest BCUT2D eigenvalue weighted by Gasteiger charge is -2.19. The number of hydrogen-bond acceptors (Lipinski definition) is 2. The van der Waals surface area contributed by atoms with Gasteiger partial charge in [-0.25, -0.2) is 0 Å². The lowest BCUT2D eigenvalue weighted by molar-refractivity contribution is 0.261. The van der Waals surface area contributed by atoms with Crippen LogP contribution in [0.5, 0.6) is 0 Å². The van der Waals surface area contributed by atoms with E-state index < -0.39 is 0 Å². The van der Waals surface area contributed by atoms with Crippen LogP contribution in [0.15, 0.2) is 0 Å². The van der Waals surface area contributed by atoms with Gasteiger partial charge in [0.2, 0.25) is 0 Å². The van der Waals surface area contributed by atoms with Crippen LogP contribution in [-0.4, -0.2) is 37.1 Å². The van der Waals surface area contributed by atoms with Crippen molar-refractivity contribution in [2.45, 2.75) is 38.8 Å². The van der Waals surface area contributed by atoms with Crippen LogP contribution in [-0.2, 0) is 0 Å². The van der Waals surface area contributed by atoms with Gasteiger partial charge in [0.1, 0.15) is 0 Å². The Morgan fingerprint density at radius 2 is 2.17 bits per heavy atom. The van der Waals surface area contributed by atoms with Crippen molar-refractivity contribution >= 4 is 0 Å². The molecule has 0 aromatic carbocycles. The molecule has 0 unspecified atom stereocenters. The fraction of sp³-hybridized carbons (Fsp3) is 1.00. The van der Waals surface area contributed by atoms with Crippen molar-refractivity contribution in [1.82, 2.24) is 10.2 Å². The van der Waals surface area contributed by atoms with Gasteiger partial charge >= 0.3 is 0 Å². The largest absolute Gasteiger partial charge is 0.315 e. The highest BCUT2D eigenvalue weighted by Crippen LogP contribution is 2.52. The van der Waals surface area contributed by atoms with Crippen LogP contribution in [0, 0.1) is 5.41 Å². The maximum Gasteiger partial charge on any atom is 0.0260 e. The summed E-state index contributed by atoms with van der Waals surface area (Å²) in [6, 6.07) is 1.49. The SMILES string of the molecule is CN[C@H]1CN(C(C)C)CC12CC2.[HH]. The molecule has 0 aromatic heterocycles. The van der Waals surface area contributed by atoms with E-state index >= 15 is 0 Å². The molecule has 2 nitrogen and oxygen atoms in total. The van der Waals surface area contributed by atoms with Crippen LogP contribution >= 0.6 is 0 Å². The molecule has 1 aliphatic carbocycles. The smallest absolute Gasteiger partial charge is 0.0260 e. The number of nitrogens with zero attached hydrogens (tertiary/aromatic N) is 1. The zero-order chi connectivity index (χ0) is 8.77. The summed E-state index contributed by atoms with van der Waals surface area (Å²) >= 11 is 0. The monoisotopic (exact) mass is 170 g/mol. The summed E-state index contributed by atoms with van der Waals surface area (Å²) in [5.41, 5.74) is 0.680. The second kappa shape index (κ2) is 2.71. The molecule has 72 valence electrons. The van der Waals surface area contributed by atoms with Gasteiger partial charge in [-0.3, -0.25) is 4.90 Å². The predicted octanol–water partition coefficient (Wildman–Crippen LogP) is 1.32. The highest BCUT2D eigenvalue weighted by Gasteiger charge is 2.54. The third kappa shape index (κ3) is 1.17. The van der Waals surface area contributed by atoms with Crippen molar-refractivity contribution in [2.75, 3.05) is 20.1 Å². The van der Waals surface area contributed by atoms with Gasteiger partial charge < -0.3 is 5.32 Å². The molecule has 2 fully saturated rings. The van der Waals surface area contributed by atoms with E-state index in [0.29, 0.717) is 5.41 Å². The van der Waals surface area contributed by atoms with E-state index in [-0.39, 0.29) is 1.43 Å². The zero-order valence-corrected chi connectivity index (χ0v) is 8.43. The Morgan fingerprint density at radius 3 is 2.50 bits per heavy atom. The Balaban J connectivity index is 0.000000845. The van der Waals surface area contributed by atoms with Crippen LogP contribution in [0.25, 0.3) is 0 Å². The van der Waals surface area contributed by atoms with Crippen LogP contribution < -0.4 is 5.32 Å². The quantitative estimate of drug-likeness (QED) is 0.672. The number of rotatable bonds is 2. The lowest BCUT2D eigenvalue weighted by Crippen LogP contribution is -2.35. The van der Waals surface area contributed by atoms with Crippen molar-refractivity contribution in [1.29, 1.82) is 0 Å². The summed E-state index contributed by atoms with van der Waals surface area (Å²) in [6.07, 6.45) is 2.89. The summed E-state index contributed by atoms with van der Waals surface area (Å²) < 4.78 is 0.